The fourth-order valence-corrected chi connectivity index (χ4v) is 3.78. The van der Waals surface area contributed by atoms with E-state index in [1.807, 2.05) is 19.0 Å². The molecule has 0 radical (unpaired) electrons. The highest BCUT2D eigenvalue weighted by atomic mass is 35.5. The number of hydrogen-bond acceptors (Lipinski definition) is 6. The molecule has 4 rings (SSSR count). The van der Waals surface area contributed by atoms with E-state index in [-0.39, 0.29) is 29.3 Å². The fourth-order valence-electron chi connectivity index (χ4n) is 3.78. The minimum Gasteiger partial charge on any atom is -0.353 e. The monoisotopic (exact) mass is 579 g/mol. The first kappa shape index (κ1) is 30.3. The first-order valence-electron chi connectivity index (χ1n) is 11.7. The Morgan fingerprint density at radius 3 is 2.52 bits per heavy atom. The molecule has 0 bridgehead atoms. The molecular weight excluding hydrogens is 554 g/mol. The summed E-state index contributed by atoms with van der Waals surface area (Å²) in [6.07, 6.45) is -3.02. The van der Waals surface area contributed by atoms with Gasteiger partial charge in [-0.15, -0.1) is 12.4 Å². The van der Waals surface area contributed by atoms with Crippen LogP contribution in [0.15, 0.2) is 59.5 Å². The van der Waals surface area contributed by atoms with E-state index in [1.54, 1.807) is 19.3 Å². The van der Waals surface area contributed by atoms with Gasteiger partial charge in [-0.25, -0.2) is 14.2 Å². The third kappa shape index (κ3) is 7.04. The molecule has 2 heterocycles. The molecule has 0 unspecified atom stereocenters. The zero-order chi connectivity index (χ0) is 28.3. The van der Waals surface area contributed by atoms with Crippen molar-refractivity contribution in [2.45, 2.75) is 6.18 Å². The molecule has 2 amide bonds. The first-order valence-corrected chi connectivity index (χ1v) is 11.7. The number of nitrogens with one attached hydrogen (secondary N) is 3. The number of aromatic nitrogens is 3. The standard InChI is InChI=1S/C26H25F4N7O2.ClH/c1-36(2)10-9-31-24-32-14-16-11-19(23(38)37(3)22(16)35-24)15-7-8-20(27)21(12-15)34-25(39)33-18-6-4-5-17(13-18)26(28,29)30;/h4-8,11-14H,9-10H2,1-3H3,(H,31,32,35)(H2,33,34,39);1H. The number of carbonyl (C=O) groups excluding carboxylic acids is 1. The predicted molar refractivity (Wildman–Crippen MR) is 149 cm³/mol. The van der Waals surface area contributed by atoms with Gasteiger partial charge >= 0.3 is 12.2 Å². The summed E-state index contributed by atoms with van der Waals surface area (Å²) >= 11 is 0. The Morgan fingerprint density at radius 1 is 1.07 bits per heavy atom. The van der Waals surface area contributed by atoms with E-state index in [0.717, 1.165) is 30.8 Å². The summed E-state index contributed by atoms with van der Waals surface area (Å²) in [4.78, 5) is 36.3. The van der Waals surface area contributed by atoms with Crippen LogP contribution in [-0.2, 0) is 13.2 Å². The summed E-state index contributed by atoms with van der Waals surface area (Å²) in [6, 6.07) is 8.37. The normalized spacial score (nSPS) is 11.3. The van der Waals surface area contributed by atoms with E-state index in [2.05, 4.69) is 25.9 Å². The molecule has 0 spiro atoms. The Kier molecular flexibility index (Phi) is 9.32. The van der Waals surface area contributed by atoms with Crippen LogP contribution in [-0.4, -0.2) is 52.7 Å². The van der Waals surface area contributed by atoms with Crippen molar-refractivity contribution in [3.05, 3.63) is 76.5 Å². The summed E-state index contributed by atoms with van der Waals surface area (Å²) in [5.41, 5.74) is -0.835. The van der Waals surface area contributed by atoms with Gasteiger partial charge < -0.3 is 20.9 Å². The van der Waals surface area contributed by atoms with Crippen LogP contribution in [0.1, 0.15) is 5.56 Å². The Bertz CT molecular complexity index is 1590. The lowest BCUT2D eigenvalue weighted by Crippen LogP contribution is -2.23. The van der Waals surface area contributed by atoms with E-state index in [1.165, 1.54) is 22.8 Å². The van der Waals surface area contributed by atoms with Crippen LogP contribution in [0.4, 0.5) is 39.7 Å². The fraction of sp³-hybridized carbons (Fsp3) is 0.231. The summed E-state index contributed by atoms with van der Waals surface area (Å²) < 4.78 is 54.7. The van der Waals surface area contributed by atoms with Gasteiger partial charge in [0.1, 0.15) is 11.5 Å². The van der Waals surface area contributed by atoms with E-state index in [0.29, 0.717) is 29.1 Å². The molecule has 212 valence electrons. The number of halogens is 5. The number of carbonyl (C=O) groups is 1. The molecule has 3 N–H and O–H groups in total. The van der Waals surface area contributed by atoms with Crippen LogP contribution in [0.3, 0.4) is 0 Å². The third-order valence-corrected chi connectivity index (χ3v) is 5.76. The Balaban J connectivity index is 0.00000441. The van der Waals surface area contributed by atoms with Crippen molar-refractivity contribution in [3.8, 4) is 11.1 Å². The van der Waals surface area contributed by atoms with Gasteiger partial charge in [-0.05, 0) is 56.1 Å². The topological polar surface area (TPSA) is 104 Å². The highest BCUT2D eigenvalue weighted by Gasteiger charge is 2.30. The molecule has 0 atom stereocenters. The van der Waals surface area contributed by atoms with Crippen molar-refractivity contribution < 1.29 is 22.4 Å². The molecule has 0 fully saturated rings. The summed E-state index contributed by atoms with van der Waals surface area (Å²) in [6.45, 7) is 1.37. The molecule has 4 aromatic rings. The van der Waals surface area contributed by atoms with E-state index in [9.17, 15) is 27.2 Å². The van der Waals surface area contributed by atoms with Crippen molar-refractivity contribution in [2.24, 2.45) is 7.05 Å². The highest BCUT2D eigenvalue weighted by molar-refractivity contribution is 6.00. The lowest BCUT2D eigenvalue weighted by atomic mass is 10.1. The largest absolute Gasteiger partial charge is 0.416 e. The van der Waals surface area contributed by atoms with Gasteiger partial charge in [0.15, 0.2) is 0 Å². The molecule has 9 nitrogen and oxygen atoms in total. The van der Waals surface area contributed by atoms with Crippen LogP contribution in [0.2, 0.25) is 0 Å². The SMILES string of the molecule is CN(C)CCNc1ncc2cc(-c3ccc(F)c(NC(=O)Nc4cccc(C(F)(F)F)c4)c3)c(=O)n(C)c2n1.Cl. The second-order valence-corrected chi connectivity index (χ2v) is 8.98. The summed E-state index contributed by atoms with van der Waals surface area (Å²) in [5.74, 6) is -0.431. The molecular formula is C26H26ClF4N7O2. The minimum absolute atomic E-state index is 0. The number of benzene rings is 2. The van der Waals surface area contributed by atoms with Crippen molar-refractivity contribution in [3.63, 3.8) is 0 Å². The lowest BCUT2D eigenvalue weighted by Gasteiger charge is -2.13. The predicted octanol–water partition coefficient (Wildman–Crippen LogP) is 5.19. The Morgan fingerprint density at radius 2 is 1.82 bits per heavy atom. The number of hydrogen-bond donors (Lipinski definition) is 3. The minimum atomic E-state index is -4.59. The number of amides is 2. The molecule has 0 saturated carbocycles. The number of anilines is 3. The molecule has 0 aliphatic rings. The molecule has 0 aliphatic heterocycles. The zero-order valence-electron chi connectivity index (χ0n) is 21.6. The second-order valence-electron chi connectivity index (χ2n) is 8.98. The second kappa shape index (κ2) is 12.3. The quantitative estimate of drug-likeness (QED) is 0.260. The molecule has 0 aliphatic carbocycles. The van der Waals surface area contributed by atoms with E-state index < -0.39 is 29.1 Å². The van der Waals surface area contributed by atoms with Gasteiger partial charge in [-0.3, -0.25) is 9.36 Å². The zero-order valence-corrected chi connectivity index (χ0v) is 22.5. The van der Waals surface area contributed by atoms with Gasteiger partial charge in [-0.1, -0.05) is 12.1 Å². The molecule has 40 heavy (non-hydrogen) atoms. The van der Waals surface area contributed by atoms with Crippen LogP contribution in [0.5, 0.6) is 0 Å². The number of nitrogens with zero attached hydrogens (tertiary/aromatic N) is 4. The average Bonchev–Trinajstić information content (AvgIpc) is 2.87. The molecule has 2 aromatic heterocycles. The van der Waals surface area contributed by atoms with Crippen molar-refractivity contribution in [1.82, 2.24) is 19.4 Å². The Labute approximate surface area is 232 Å². The van der Waals surface area contributed by atoms with Gasteiger partial charge in [-0.2, -0.15) is 18.2 Å². The van der Waals surface area contributed by atoms with Crippen molar-refractivity contribution >= 4 is 46.8 Å². The van der Waals surface area contributed by atoms with E-state index in [4.69, 9.17) is 0 Å². The number of fused-ring (bicyclic) bond motifs is 1. The Hall–Kier alpha value is -4.23. The number of urea groups is 1. The summed E-state index contributed by atoms with van der Waals surface area (Å²) in [7, 11) is 5.43. The van der Waals surface area contributed by atoms with Crippen LogP contribution >= 0.6 is 12.4 Å². The molecule has 0 saturated heterocycles. The van der Waals surface area contributed by atoms with Crippen LogP contribution in [0, 0.1) is 5.82 Å². The maximum Gasteiger partial charge on any atom is 0.416 e. The van der Waals surface area contributed by atoms with Crippen molar-refractivity contribution in [2.75, 3.05) is 43.1 Å². The van der Waals surface area contributed by atoms with Gasteiger partial charge in [0.05, 0.1) is 11.3 Å². The number of alkyl halides is 3. The number of likely N-dealkylation sites (N-methyl/N-ethyl adjacent to an activating group) is 1. The number of rotatable bonds is 7. The van der Waals surface area contributed by atoms with Gasteiger partial charge in [0.25, 0.3) is 5.56 Å². The number of pyridine rings is 1. The first-order chi connectivity index (χ1) is 18.4. The molecule has 2 aromatic carbocycles. The number of aryl methyl sites for hydroxylation is 1. The lowest BCUT2D eigenvalue weighted by molar-refractivity contribution is -0.137. The van der Waals surface area contributed by atoms with Crippen LogP contribution in [0.25, 0.3) is 22.2 Å². The maximum atomic E-state index is 14.5. The molecule has 14 heteroatoms. The highest BCUT2D eigenvalue weighted by Crippen LogP contribution is 2.31. The summed E-state index contributed by atoms with van der Waals surface area (Å²) in [5, 5.41) is 8.19. The van der Waals surface area contributed by atoms with Crippen LogP contribution < -0.4 is 21.5 Å². The van der Waals surface area contributed by atoms with E-state index >= 15 is 0 Å². The smallest absolute Gasteiger partial charge is 0.353 e. The third-order valence-electron chi connectivity index (χ3n) is 5.76. The average molecular weight is 580 g/mol. The van der Waals surface area contributed by atoms with Crippen molar-refractivity contribution in [1.29, 1.82) is 0 Å². The van der Waals surface area contributed by atoms with Gasteiger partial charge in [0, 0.05) is 43.0 Å². The van der Waals surface area contributed by atoms with Gasteiger partial charge in [0.2, 0.25) is 5.95 Å². The maximum absolute atomic E-state index is 14.5.